The van der Waals surface area contributed by atoms with E-state index in [0.717, 1.165) is 31.6 Å². The van der Waals surface area contributed by atoms with Crippen molar-refractivity contribution in [3.8, 4) is 5.75 Å². The Bertz CT molecular complexity index is 758. The first-order valence-corrected chi connectivity index (χ1v) is 8.25. The number of carbonyl (C=O) groups is 1. The van der Waals surface area contributed by atoms with Crippen LogP contribution in [-0.4, -0.2) is 31.0 Å². The van der Waals surface area contributed by atoms with Crippen molar-refractivity contribution in [3.63, 3.8) is 0 Å². The van der Waals surface area contributed by atoms with E-state index in [1.807, 2.05) is 17.0 Å². The lowest BCUT2D eigenvalue weighted by atomic mass is 10.1. The molecule has 1 saturated heterocycles. The van der Waals surface area contributed by atoms with Crippen LogP contribution in [-0.2, 0) is 0 Å². The van der Waals surface area contributed by atoms with E-state index < -0.39 is 0 Å². The Kier molecular flexibility index (Phi) is 4.81. The van der Waals surface area contributed by atoms with Crippen LogP contribution in [0.4, 0.5) is 17.1 Å². The first-order valence-electron chi connectivity index (χ1n) is 7.88. The van der Waals surface area contributed by atoms with Crippen LogP contribution in [0.3, 0.4) is 0 Å². The molecule has 0 aromatic heterocycles. The van der Waals surface area contributed by atoms with E-state index in [1.54, 1.807) is 31.4 Å². The van der Waals surface area contributed by atoms with Crippen molar-refractivity contribution in [2.75, 3.05) is 31.2 Å². The molecule has 3 rings (SSSR count). The zero-order chi connectivity index (χ0) is 17.1. The fourth-order valence-electron chi connectivity index (χ4n) is 2.84. The summed E-state index contributed by atoms with van der Waals surface area (Å²) in [4.78, 5) is 14.6. The van der Waals surface area contributed by atoms with Crippen molar-refractivity contribution in [2.24, 2.45) is 0 Å². The van der Waals surface area contributed by atoms with E-state index in [4.69, 9.17) is 22.1 Å². The maximum absolute atomic E-state index is 12.8. The average Bonchev–Trinajstić information content (AvgIpc) is 3.10. The van der Waals surface area contributed by atoms with E-state index in [2.05, 4.69) is 5.32 Å². The van der Waals surface area contributed by atoms with E-state index in [-0.39, 0.29) is 5.91 Å². The molecule has 0 radical (unpaired) electrons. The predicted octanol–water partition coefficient (Wildman–Crippen LogP) is 3.91. The van der Waals surface area contributed by atoms with Crippen LogP contribution in [0.1, 0.15) is 23.2 Å². The second-order valence-corrected chi connectivity index (χ2v) is 6.19. The van der Waals surface area contributed by atoms with E-state index in [1.165, 1.54) is 0 Å². The Morgan fingerprint density at radius 1 is 1.21 bits per heavy atom. The molecule has 0 unspecified atom stereocenters. The van der Waals surface area contributed by atoms with Crippen LogP contribution in [0.15, 0.2) is 36.4 Å². The van der Waals surface area contributed by atoms with Crippen molar-refractivity contribution in [1.29, 1.82) is 0 Å². The summed E-state index contributed by atoms with van der Waals surface area (Å²) < 4.78 is 5.16. The van der Waals surface area contributed by atoms with Crippen molar-refractivity contribution < 1.29 is 9.53 Å². The number of benzene rings is 2. The van der Waals surface area contributed by atoms with Gasteiger partial charge in [0.05, 0.1) is 23.4 Å². The average molecular weight is 346 g/mol. The highest BCUT2D eigenvalue weighted by Gasteiger charge is 2.22. The minimum atomic E-state index is 0.00177. The lowest BCUT2D eigenvalue weighted by molar-refractivity contribution is 0.0794. The van der Waals surface area contributed by atoms with Crippen LogP contribution in [0.2, 0.25) is 5.02 Å². The lowest BCUT2D eigenvalue weighted by Crippen LogP contribution is -2.28. The second-order valence-electron chi connectivity index (χ2n) is 5.78. The normalized spacial score (nSPS) is 13.8. The molecule has 3 N–H and O–H groups in total. The van der Waals surface area contributed by atoms with Crippen molar-refractivity contribution in [2.45, 2.75) is 12.8 Å². The number of rotatable bonds is 4. The van der Waals surface area contributed by atoms with Gasteiger partial charge in [0.25, 0.3) is 5.91 Å². The summed E-state index contributed by atoms with van der Waals surface area (Å²) in [7, 11) is 1.57. The van der Waals surface area contributed by atoms with Gasteiger partial charge in [-0.3, -0.25) is 4.79 Å². The summed E-state index contributed by atoms with van der Waals surface area (Å²) in [5.41, 5.74) is 8.51. The molecule has 1 amide bonds. The van der Waals surface area contributed by atoms with E-state index in [9.17, 15) is 4.79 Å². The largest absolute Gasteiger partial charge is 0.495 e. The van der Waals surface area contributed by atoms with Crippen LogP contribution >= 0.6 is 11.6 Å². The number of methoxy groups -OCH3 is 1. The van der Waals surface area contributed by atoms with Gasteiger partial charge in [0, 0.05) is 24.5 Å². The van der Waals surface area contributed by atoms with Gasteiger partial charge >= 0.3 is 0 Å². The van der Waals surface area contributed by atoms with Gasteiger partial charge in [0.15, 0.2) is 0 Å². The topological polar surface area (TPSA) is 67.6 Å². The number of nitrogens with one attached hydrogen (secondary N) is 1. The highest BCUT2D eigenvalue weighted by Crippen LogP contribution is 2.31. The summed E-state index contributed by atoms with van der Waals surface area (Å²) in [5.74, 6) is 0.606. The monoisotopic (exact) mass is 345 g/mol. The van der Waals surface area contributed by atoms with Gasteiger partial charge < -0.3 is 20.7 Å². The van der Waals surface area contributed by atoms with Crippen LogP contribution < -0.4 is 15.8 Å². The minimum absolute atomic E-state index is 0.00177. The molecule has 0 saturated carbocycles. The molecule has 0 aliphatic carbocycles. The molecule has 1 aliphatic rings. The minimum Gasteiger partial charge on any atom is -0.495 e. The van der Waals surface area contributed by atoms with Crippen molar-refractivity contribution >= 4 is 34.6 Å². The second kappa shape index (κ2) is 7.01. The lowest BCUT2D eigenvalue weighted by Gasteiger charge is -2.19. The molecular weight excluding hydrogens is 326 g/mol. The molecule has 126 valence electrons. The summed E-state index contributed by atoms with van der Waals surface area (Å²) >= 11 is 6.17. The van der Waals surface area contributed by atoms with E-state index >= 15 is 0 Å². The summed E-state index contributed by atoms with van der Waals surface area (Å²) in [6.07, 6.45) is 2.09. The summed E-state index contributed by atoms with van der Waals surface area (Å²) in [5, 5.41) is 3.76. The number of nitrogens with two attached hydrogens (primary N) is 1. The first-order chi connectivity index (χ1) is 11.6. The molecule has 24 heavy (non-hydrogen) atoms. The Labute approximate surface area is 146 Å². The number of amides is 1. The third-order valence-electron chi connectivity index (χ3n) is 4.10. The van der Waals surface area contributed by atoms with Crippen LogP contribution in [0.5, 0.6) is 5.75 Å². The number of ether oxygens (including phenoxy) is 1. The number of hydrogen-bond donors (Lipinski definition) is 2. The fraction of sp³-hybridized carbons (Fsp3) is 0.278. The summed E-state index contributed by atoms with van der Waals surface area (Å²) in [6.45, 7) is 1.59. The van der Waals surface area contributed by atoms with Crippen molar-refractivity contribution in [3.05, 3.63) is 47.0 Å². The molecule has 1 aliphatic heterocycles. The zero-order valence-corrected chi connectivity index (χ0v) is 14.3. The number of likely N-dealkylation sites (tertiary alicyclic amines) is 1. The Balaban J connectivity index is 1.90. The molecular formula is C18H20ClN3O2. The maximum Gasteiger partial charge on any atom is 0.256 e. The molecule has 0 atom stereocenters. The molecule has 0 spiro atoms. The standard InChI is InChI=1S/C18H20ClN3O2/c1-24-17-7-5-13(11-15(17)19)21-16-6-4-12(20)10-14(16)18(23)22-8-2-3-9-22/h4-7,10-11,21H,2-3,8-9,20H2,1H3. The van der Waals surface area contributed by atoms with Gasteiger partial charge in [0.2, 0.25) is 0 Å². The Morgan fingerprint density at radius 3 is 2.62 bits per heavy atom. The van der Waals surface area contributed by atoms with Gasteiger partial charge in [-0.1, -0.05) is 11.6 Å². The molecule has 2 aromatic carbocycles. The maximum atomic E-state index is 12.8. The van der Waals surface area contributed by atoms with Gasteiger partial charge in [-0.15, -0.1) is 0 Å². The Morgan fingerprint density at radius 2 is 1.96 bits per heavy atom. The Hall–Kier alpha value is -2.40. The molecule has 0 bridgehead atoms. The van der Waals surface area contributed by atoms with Gasteiger partial charge in [-0.05, 0) is 49.2 Å². The van der Waals surface area contributed by atoms with E-state index in [0.29, 0.717) is 27.7 Å². The third kappa shape index (κ3) is 3.41. The quantitative estimate of drug-likeness (QED) is 0.824. The number of nitrogens with zero attached hydrogens (tertiary/aromatic N) is 1. The highest BCUT2D eigenvalue weighted by molar-refractivity contribution is 6.32. The predicted molar refractivity (Wildman–Crippen MR) is 97.3 cm³/mol. The van der Waals surface area contributed by atoms with Crippen LogP contribution in [0.25, 0.3) is 0 Å². The molecule has 5 nitrogen and oxygen atoms in total. The molecule has 2 aromatic rings. The number of anilines is 3. The molecule has 6 heteroatoms. The van der Waals surface area contributed by atoms with Crippen LogP contribution in [0, 0.1) is 0 Å². The molecule has 1 heterocycles. The summed E-state index contributed by atoms with van der Waals surface area (Å²) in [6, 6.07) is 10.7. The SMILES string of the molecule is COc1ccc(Nc2ccc(N)cc2C(=O)N2CCCC2)cc1Cl. The molecule has 1 fully saturated rings. The van der Waals surface area contributed by atoms with Crippen molar-refractivity contribution in [1.82, 2.24) is 4.90 Å². The van der Waals surface area contributed by atoms with Gasteiger partial charge in [-0.2, -0.15) is 0 Å². The highest BCUT2D eigenvalue weighted by atomic mass is 35.5. The fourth-order valence-corrected chi connectivity index (χ4v) is 3.10. The van der Waals surface area contributed by atoms with Gasteiger partial charge in [-0.25, -0.2) is 0 Å². The number of nitrogen functional groups attached to an aromatic ring is 1. The van der Waals surface area contributed by atoms with Gasteiger partial charge in [0.1, 0.15) is 5.75 Å². The smallest absolute Gasteiger partial charge is 0.256 e. The third-order valence-corrected chi connectivity index (χ3v) is 4.39. The first kappa shape index (κ1) is 16.5. The number of halogens is 1. The number of hydrogen-bond acceptors (Lipinski definition) is 4. The zero-order valence-electron chi connectivity index (χ0n) is 13.5. The number of carbonyl (C=O) groups excluding carboxylic acids is 1.